The summed E-state index contributed by atoms with van der Waals surface area (Å²) in [4.78, 5) is 29.1. The molecule has 2 amide bonds. The number of amides is 2. The van der Waals surface area contributed by atoms with Gasteiger partial charge in [0.25, 0.3) is 10.0 Å². The van der Waals surface area contributed by atoms with Gasteiger partial charge in [0.15, 0.2) is 0 Å². The third-order valence-corrected chi connectivity index (χ3v) is 9.67. The van der Waals surface area contributed by atoms with Crippen LogP contribution in [-0.2, 0) is 26.2 Å². The van der Waals surface area contributed by atoms with E-state index in [2.05, 4.69) is 19.2 Å². The van der Waals surface area contributed by atoms with Crippen LogP contribution in [-0.4, -0.2) is 44.3 Å². The maximum Gasteiger partial charge on any atom is 0.264 e. The van der Waals surface area contributed by atoms with Gasteiger partial charge in [0, 0.05) is 13.1 Å². The molecule has 232 valence electrons. The molecule has 0 saturated carbocycles. The Labute approximate surface area is 266 Å². The van der Waals surface area contributed by atoms with Crippen molar-refractivity contribution in [2.45, 2.75) is 71.4 Å². The third-order valence-electron chi connectivity index (χ3n) is 7.14. The number of halogens is 2. The van der Waals surface area contributed by atoms with Crippen LogP contribution in [0.4, 0.5) is 5.69 Å². The van der Waals surface area contributed by atoms with Crippen LogP contribution < -0.4 is 9.62 Å². The number of aryl methyl sites for hydroxylation is 1. The van der Waals surface area contributed by atoms with Crippen LogP contribution in [0.2, 0.25) is 10.0 Å². The number of carbonyl (C=O) groups excluding carboxylic acids is 2. The largest absolute Gasteiger partial charge is 0.354 e. The number of rotatable bonds is 13. The van der Waals surface area contributed by atoms with E-state index in [1.807, 2.05) is 39.8 Å². The van der Waals surface area contributed by atoms with Crippen LogP contribution >= 0.6 is 23.2 Å². The molecule has 0 saturated heterocycles. The van der Waals surface area contributed by atoms with Gasteiger partial charge in [-0.05, 0) is 72.7 Å². The number of carbonyl (C=O) groups is 2. The van der Waals surface area contributed by atoms with Gasteiger partial charge >= 0.3 is 0 Å². The van der Waals surface area contributed by atoms with Gasteiger partial charge in [-0.15, -0.1) is 0 Å². The highest BCUT2D eigenvalue weighted by Crippen LogP contribution is 2.28. The van der Waals surface area contributed by atoms with Crippen LogP contribution in [0.25, 0.3) is 0 Å². The second kappa shape index (κ2) is 15.1. The molecule has 10 heteroatoms. The lowest BCUT2D eigenvalue weighted by Gasteiger charge is -2.33. The average Bonchev–Trinajstić information content (AvgIpc) is 2.96. The van der Waals surface area contributed by atoms with Crippen molar-refractivity contribution in [2.24, 2.45) is 5.92 Å². The fourth-order valence-electron chi connectivity index (χ4n) is 4.57. The minimum absolute atomic E-state index is 0.0357. The van der Waals surface area contributed by atoms with Crippen molar-refractivity contribution in [3.63, 3.8) is 0 Å². The van der Waals surface area contributed by atoms with E-state index in [4.69, 9.17) is 23.2 Å². The Morgan fingerprint density at radius 2 is 1.51 bits per heavy atom. The molecule has 3 rings (SSSR count). The second-order valence-electron chi connectivity index (χ2n) is 11.4. The van der Waals surface area contributed by atoms with Crippen molar-refractivity contribution < 1.29 is 18.0 Å². The monoisotopic (exact) mass is 645 g/mol. The van der Waals surface area contributed by atoms with Crippen molar-refractivity contribution in [3.05, 3.63) is 93.5 Å². The second-order valence-corrected chi connectivity index (χ2v) is 14.1. The maximum atomic E-state index is 14.2. The highest BCUT2D eigenvalue weighted by Gasteiger charge is 2.33. The molecular weight excluding hydrogens is 605 g/mol. The first kappa shape index (κ1) is 34.4. The van der Waals surface area contributed by atoms with Crippen LogP contribution in [0.3, 0.4) is 0 Å². The van der Waals surface area contributed by atoms with E-state index in [0.717, 1.165) is 15.4 Å². The van der Waals surface area contributed by atoms with Crippen LogP contribution in [0, 0.1) is 12.8 Å². The van der Waals surface area contributed by atoms with Crippen molar-refractivity contribution in [2.75, 3.05) is 17.4 Å². The molecule has 43 heavy (non-hydrogen) atoms. The summed E-state index contributed by atoms with van der Waals surface area (Å²) in [6.45, 7) is 11.7. The van der Waals surface area contributed by atoms with Gasteiger partial charge in [-0.1, -0.05) is 93.7 Å². The molecule has 1 N–H and O–H groups in total. The number of benzene rings is 3. The first-order valence-corrected chi connectivity index (χ1v) is 16.6. The number of nitrogens with one attached hydrogen (secondary N) is 1. The molecule has 0 bridgehead atoms. The molecule has 0 heterocycles. The van der Waals surface area contributed by atoms with E-state index >= 15 is 0 Å². The quantitative estimate of drug-likeness (QED) is 0.213. The summed E-state index contributed by atoms with van der Waals surface area (Å²) in [5.41, 5.74) is 2.96. The number of anilines is 1. The van der Waals surface area contributed by atoms with E-state index in [1.54, 1.807) is 42.5 Å². The first-order chi connectivity index (χ1) is 20.2. The molecule has 1 atom stereocenters. The van der Waals surface area contributed by atoms with Gasteiger partial charge < -0.3 is 10.2 Å². The Bertz CT molecular complexity index is 1510. The minimum Gasteiger partial charge on any atom is -0.354 e. The third kappa shape index (κ3) is 8.97. The van der Waals surface area contributed by atoms with Gasteiger partial charge in [-0.3, -0.25) is 13.9 Å². The molecule has 3 aromatic carbocycles. The molecule has 0 fully saturated rings. The Balaban J connectivity index is 2.08. The summed E-state index contributed by atoms with van der Waals surface area (Å²) >= 11 is 12.4. The van der Waals surface area contributed by atoms with Crippen molar-refractivity contribution in [1.29, 1.82) is 0 Å². The summed E-state index contributed by atoms with van der Waals surface area (Å²) in [7, 11) is -4.15. The molecule has 0 aliphatic rings. The number of hydrogen-bond donors (Lipinski definition) is 1. The van der Waals surface area contributed by atoms with Crippen LogP contribution in [0.5, 0.6) is 0 Å². The molecule has 0 aliphatic heterocycles. The standard InChI is InChI=1S/C33H41Cl2N3O4S/c1-7-31(33(40)36-19-22(2)3)37(20-25-10-17-29(34)30(35)18-25)32(39)21-38(27-13-11-26(12-14-27)23(4)5)43(41,42)28-15-8-24(6)9-16-28/h8-18,22-23,31H,7,19-21H2,1-6H3,(H,36,40)/t31-/m0/s1. The molecule has 7 nitrogen and oxygen atoms in total. The minimum atomic E-state index is -4.15. The smallest absolute Gasteiger partial charge is 0.264 e. The zero-order chi connectivity index (χ0) is 31.9. The maximum absolute atomic E-state index is 14.2. The normalized spacial score (nSPS) is 12.3. The Morgan fingerprint density at radius 1 is 0.884 bits per heavy atom. The Kier molecular flexibility index (Phi) is 12.1. The van der Waals surface area contributed by atoms with Gasteiger partial charge in [0.05, 0.1) is 20.6 Å². The van der Waals surface area contributed by atoms with E-state index in [1.165, 1.54) is 17.0 Å². The fraction of sp³-hybridized carbons (Fsp3) is 0.394. The number of hydrogen-bond acceptors (Lipinski definition) is 4. The first-order valence-electron chi connectivity index (χ1n) is 14.4. The highest BCUT2D eigenvalue weighted by atomic mass is 35.5. The van der Waals surface area contributed by atoms with Gasteiger partial charge in [0.1, 0.15) is 12.6 Å². The van der Waals surface area contributed by atoms with Gasteiger partial charge in [-0.2, -0.15) is 0 Å². The lowest BCUT2D eigenvalue weighted by Crippen LogP contribution is -2.52. The van der Waals surface area contributed by atoms with Gasteiger partial charge in [-0.25, -0.2) is 8.42 Å². The summed E-state index contributed by atoms with van der Waals surface area (Å²) in [5.74, 6) is -0.376. The number of nitrogens with zero attached hydrogens (tertiary/aromatic N) is 2. The predicted molar refractivity (Wildman–Crippen MR) is 175 cm³/mol. The molecule has 0 spiro atoms. The summed E-state index contributed by atoms with van der Waals surface area (Å²) in [6, 6.07) is 17.8. The highest BCUT2D eigenvalue weighted by molar-refractivity contribution is 7.92. The molecule has 0 aromatic heterocycles. The molecule has 3 aromatic rings. The van der Waals surface area contributed by atoms with Gasteiger partial charge in [0.2, 0.25) is 11.8 Å². The fourth-order valence-corrected chi connectivity index (χ4v) is 6.30. The summed E-state index contributed by atoms with van der Waals surface area (Å²) < 4.78 is 29.2. The topological polar surface area (TPSA) is 86.8 Å². The molecule has 0 radical (unpaired) electrons. The Hall–Kier alpha value is -3.07. The lowest BCUT2D eigenvalue weighted by atomic mass is 10.0. The zero-order valence-corrected chi connectivity index (χ0v) is 27.9. The van der Waals surface area contributed by atoms with Crippen molar-refractivity contribution >= 4 is 50.7 Å². The van der Waals surface area contributed by atoms with E-state index in [9.17, 15) is 18.0 Å². The van der Waals surface area contributed by atoms with E-state index < -0.39 is 28.5 Å². The van der Waals surface area contributed by atoms with Crippen molar-refractivity contribution in [3.8, 4) is 0 Å². The summed E-state index contributed by atoms with van der Waals surface area (Å²) in [6.07, 6.45) is 0.324. The van der Waals surface area contributed by atoms with E-state index in [-0.39, 0.29) is 29.2 Å². The SMILES string of the molecule is CC[C@@H](C(=O)NCC(C)C)N(Cc1ccc(Cl)c(Cl)c1)C(=O)CN(c1ccc(C(C)C)cc1)S(=O)(=O)c1ccc(C)cc1. The van der Waals surface area contributed by atoms with Crippen LogP contribution in [0.15, 0.2) is 71.6 Å². The number of sulfonamides is 1. The van der Waals surface area contributed by atoms with E-state index in [0.29, 0.717) is 34.3 Å². The molecule has 0 unspecified atom stereocenters. The van der Waals surface area contributed by atoms with Crippen LogP contribution in [0.1, 0.15) is 63.6 Å². The predicted octanol–water partition coefficient (Wildman–Crippen LogP) is 7.20. The van der Waals surface area contributed by atoms with Crippen molar-refractivity contribution in [1.82, 2.24) is 10.2 Å². The Morgan fingerprint density at radius 3 is 2.05 bits per heavy atom. The molecular formula is C33H41Cl2N3O4S. The average molecular weight is 647 g/mol. The zero-order valence-electron chi connectivity index (χ0n) is 25.6. The lowest BCUT2D eigenvalue weighted by molar-refractivity contribution is -0.140. The summed E-state index contributed by atoms with van der Waals surface area (Å²) in [5, 5.41) is 3.61. The molecule has 0 aliphatic carbocycles.